The Morgan fingerprint density at radius 2 is 1.43 bits per heavy atom. The van der Waals surface area contributed by atoms with Crippen molar-refractivity contribution in [2.75, 3.05) is 27.3 Å². The van der Waals surface area contributed by atoms with Gasteiger partial charge in [0.25, 0.3) is 0 Å². The zero-order valence-corrected chi connectivity index (χ0v) is 33.7. The summed E-state index contributed by atoms with van der Waals surface area (Å²) < 4.78 is 16.0. The van der Waals surface area contributed by atoms with Crippen molar-refractivity contribution in [1.29, 1.82) is 0 Å². The van der Waals surface area contributed by atoms with Gasteiger partial charge >= 0.3 is 12.2 Å². The quantitative estimate of drug-likeness (QED) is 0.125. The fourth-order valence-electron chi connectivity index (χ4n) is 8.67. The maximum Gasteiger partial charge on any atom is 0.407 e. The van der Waals surface area contributed by atoms with Gasteiger partial charge in [-0.2, -0.15) is 0 Å². The Bertz CT molecular complexity index is 2400. The molecule has 8 rings (SSSR count). The number of likely N-dealkylation sites (tertiary alicyclic amines) is 2. The molecule has 0 bridgehead atoms. The van der Waals surface area contributed by atoms with Crippen molar-refractivity contribution in [1.82, 2.24) is 40.4 Å². The lowest BCUT2D eigenvalue weighted by molar-refractivity contribution is -0.136. The van der Waals surface area contributed by atoms with Crippen LogP contribution in [0.4, 0.5) is 9.59 Å². The number of amides is 4. The molecular formula is C43H50N8O7. The minimum Gasteiger partial charge on any atom is -0.488 e. The third-order valence-corrected chi connectivity index (χ3v) is 11.8. The third kappa shape index (κ3) is 7.06. The number of rotatable bonds is 9. The summed E-state index contributed by atoms with van der Waals surface area (Å²) >= 11 is 0. The van der Waals surface area contributed by atoms with Crippen molar-refractivity contribution < 1.29 is 33.4 Å². The first kappa shape index (κ1) is 38.7. The molecule has 3 aliphatic heterocycles. The number of alkyl carbamates (subject to hydrolysis) is 2. The van der Waals surface area contributed by atoms with Gasteiger partial charge in [-0.3, -0.25) is 9.59 Å². The molecule has 3 aromatic carbocycles. The van der Waals surface area contributed by atoms with Gasteiger partial charge in [0, 0.05) is 24.0 Å². The van der Waals surface area contributed by atoms with Gasteiger partial charge in [-0.05, 0) is 83.9 Å². The summed E-state index contributed by atoms with van der Waals surface area (Å²) in [4.78, 5) is 71.8. The SMILES string of the molecule is COC(=O)N[C@H](C(=O)N1CCC[C@H]1c1ncc(-c2ccc3c(c2)COc2cc4c(ccc5[nH]c([C@@H]6CCCN6C(=O)[C@@H](NC(=O)OC)C(C)C)nc54)cc2-3)[nH]1)C(C)C. The van der Waals surface area contributed by atoms with Crippen molar-refractivity contribution in [3.05, 3.63) is 65.9 Å². The molecule has 5 heterocycles. The van der Waals surface area contributed by atoms with Crippen LogP contribution in [0.2, 0.25) is 0 Å². The number of nitrogens with zero attached hydrogens (tertiary/aromatic N) is 4. The average molecular weight is 791 g/mol. The van der Waals surface area contributed by atoms with E-state index >= 15 is 0 Å². The van der Waals surface area contributed by atoms with Crippen LogP contribution in [0.5, 0.6) is 5.75 Å². The lowest BCUT2D eigenvalue weighted by Crippen LogP contribution is -2.51. The number of nitrogens with one attached hydrogen (secondary N) is 4. The lowest BCUT2D eigenvalue weighted by Gasteiger charge is -2.30. The molecule has 0 spiro atoms. The zero-order valence-electron chi connectivity index (χ0n) is 33.7. The van der Waals surface area contributed by atoms with Crippen molar-refractivity contribution in [3.8, 4) is 28.1 Å². The van der Waals surface area contributed by atoms with Crippen molar-refractivity contribution in [2.45, 2.75) is 84.2 Å². The monoisotopic (exact) mass is 790 g/mol. The highest BCUT2D eigenvalue weighted by Gasteiger charge is 2.39. The molecule has 15 nitrogen and oxygen atoms in total. The fourth-order valence-corrected chi connectivity index (χ4v) is 8.67. The van der Waals surface area contributed by atoms with Gasteiger partial charge in [-0.15, -0.1) is 0 Å². The number of carbonyl (C=O) groups excluding carboxylic acids is 4. The molecule has 2 saturated heterocycles. The Kier molecular flexibility index (Phi) is 10.5. The summed E-state index contributed by atoms with van der Waals surface area (Å²) in [6, 6.07) is 12.7. The number of aromatic amines is 2. The molecule has 0 aliphatic carbocycles. The van der Waals surface area contributed by atoms with E-state index in [4.69, 9.17) is 24.2 Å². The van der Waals surface area contributed by atoms with E-state index in [9.17, 15) is 19.2 Å². The summed E-state index contributed by atoms with van der Waals surface area (Å²) in [5.74, 6) is 1.66. The molecule has 0 saturated carbocycles. The van der Waals surface area contributed by atoms with E-state index in [-0.39, 0.29) is 35.7 Å². The van der Waals surface area contributed by atoms with Gasteiger partial charge in [0.2, 0.25) is 11.8 Å². The summed E-state index contributed by atoms with van der Waals surface area (Å²) in [5.41, 5.74) is 6.60. The first-order valence-electron chi connectivity index (χ1n) is 20.0. The van der Waals surface area contributed by atoms with Crippen molar-refractivity contribution in [2.24, 2.45) is 11.8 Å². The van der Waals surface area contributed by atoms with E-state index in [0.717, 1.165) is 87.0 Å². The second kappa shape index (κ2) is 15.7. The van der Waals surface area contributed by atoms with Crippen LogP contribution in [0, 0.1) is 11.8 Å². The molecule has 4 atom stereocenters. The van der Waals surface area contributed by atoms with Crippen LogP contribution in [0.1, 0.15) is 82.7 Å². The number of carbonyl (C=O) groups is 4. The highest BCUT2D eigenvalue weighted by molar-refractivity contribution is 6.07. The highest BCUT2D eigenvalue weighted by atomic mass is 16.5. The van der Waals surface area contributed by atoms with Crippen LogP contribution in [0.15, 0.2) is 48.7 Å². The Hall–Kier alpha value is -6.12. The van der Waals surface area contributed by atoms with E-state index in [2.05, 4.69) is 57.0 Å². The van der Waals surface area contributed by atoms with Crippen LogP contribution in [0.3, 0.4) is 0 Å². The number of H-pyrrole nitrogens is 2. The number of methoxy groups -OCH3 is 2. The summed E-state index contributed by atoms with van der Waals surface area (Å²) in [5, 5.41) is 7.38. The van der Waals surface area contributed by atoms with Gasteiger partial charge in [0.15, 0.2) is 0 Å². The smallest absolute Gasteiger partial charge is 0.407 e. The molecule has 0 unspecified atom stereocenters. The molecule has 4 N–H and O–H groups in total. The third-order valence-electron chi connectivity index (χ3n) is 11.8. The van der Waals surface area contributed by atoms with E-state index in [0.29, 0.717) is 25.5 Å². The molecule has 2 aromatic heterocycles. The topological polar surface area (TPSA) is 184 Å². The first-order chi connectivity index (χ1) is 27.9. The molecule has 58 heavy (non-hydrogen) atoms. The zero-order chi connectivity index (χ0) is 40.8. The number of imidazole rings is 2. The number of hydrogen-bond donors (Lipinski definition) is 4. The summed E-state index contributed by atoms with van der Waals surface area (Å²) in [6.45, 7) is 9.15. The minimum atomic E-state index is -0.708. The van der Waals surface area contributed by atoms with Crippen LogP contribution in [-0.4, -0.2) is 93.1 Å². The maximum atomic E-state index is 13.7. The Balaban J connectivity index is 1.03. The van der Waals surface area contributed by atoms with Gasteiger partial charge in [-0.25, -0.2) is 19.6 Å². The van der Waals surface area contributed by atoms with Crippen LogP contribution >= 0.6 is 0 Å². The maximum absolute atomic E-state index is 13.7. The highest BCUT2D eigenvalue weighted by Crippen LogP contribution is 2.43. The molecule has 3 aliphatic rings. The van der Waals surface area contributed by atoms with Crippen LogP contribution in [-0.2, 0) is 25.7 Å². The predicted octanol–water partition coefficient (Wildman–Crippen LogP) is 6.75. The van der Waals surface area contributed by atoms with Crippen LogP contribution < -0.4 is 15.4 Å². The van der Waals surface area contributed by atoms with Gasteiger partial charge < -0.3 is 44.6 Å². The molecule has 304 valence electrons. The van der Waals surface area contributed by atoms with Gasteiger partial charge in [-0.1, -0.05) is 45.9 Å². The van der Waals surface area contributed by atoms with Gasteiger partial charge in [0.05, 0.1) is 49.2 Å². The van der Waals surface area contributed by atoms with E-state index in [1.165, 1.54) is 14.2 Å². The Labute approximate surface area is 336 Å². The Morgan fingerprint density at radius 3 is 2.05 bits per heavy atom. The lowest BCUT2D eigenvalue weighted by atomic mass is 9.92. The molecule has 2 fully saturated rings. The van der Waals surface area contributed by atoms with Crippen LogP contribution in [0.25, 0.3) is 44.2 Å². The molecule has 4 amide bonds. The number of fused-ring (bicyclic) bond motifs is 6. The number of ether oxygens (including phenoxy) is 3. The van der Waals surface area contributed by atoms with Gasteiger partial charge in [0.1, 0.15) is 36.1 Å². The Morgan fingerprint density at radius 1 is 0.793 bits per heavy atom. The number of aromatic nitrogens is 4. The second-order valence-electron chi connectivity index (χ2n) is 16.1. The van der Waals surface area contributed by atoms with E-state index in [1.54, 1.807) is 0 Å². The standard InChI is InChI=1S/C43H50N8O7/c1-22(2)35(48-42(54)56-5)40(52)50-15-7-9-32(50)38-44-20-31(46-38)25-11-13-27-26(17-25)21-58-34-19-28-24(18-29(27)34)12-14-30-37(28)47-39(45-30)33-10-8-16-51(33)41(53)36(23(3)4)49-43(55)57-6/h11-14,17-20,22-23,32-33,35-36H,7-10,15-16,21H2,1-6H3,(H,44,46)(H,45,47)(H,48,54)(H,49,55)/t32-,33-,35-,36-/m0/s1. The summed E-state index contributed by atoms with van der Waals surface area (Å²) in [6.07, 6.45) is 3.74. The van der Waals surface area contributed by atoms with Crippen molar-refractivity contribution in [3.63, 3.8) is 0 Å². The molecule has 5 aromatic rings. The average Bonchev–Trinajstić information content (AvgIpc) is 4.06. The summed E-state index contributed by atoms with van der Waals surface area (Å²) in [7, 11) is 2.58. The number of hydrogen-bond acceptors (Lipinski definition) is 9. The molecule has 0 radical (unpaired) electrons. The minimum absolute atomic E-state index is 0.116. The van der Waals surface area contributed by atoms with E-state index in [1.807, 2.05) is 49.8 Å². The first-order valence-corrected chi connectivity index (χ1v) is 20.0. The van der Waals surface area contributed by atoms with E-state index < -0.39 is 24.3 Å². The fraction of sp³-hybridized carbons (Fsp3) is 0.442. The van der Waals surface area contributed by atoms with Crippen molar-refractivity contribution >= 4 is 45.8 Å². The normalized spacial score (nSPS) is 18.6. The number of benzene rings is 3. The predicted molar refractivity (Wildman–Crippen MR) is 217 cm³/mol. The molecule has 15 heteroatoms. The molecular weight excluding hydrogens is 741 g/mol. The second-order valence-corrected chi connectivity index (χ2v) is 16.1. The largest absolute Gasteiger partial charge is 0.488 e.